The minimum absolute atomic E-state index is 0.0194. The van der Waals surface area contributed by atoms with Gasteiger partial charge in [-0.05, 0) is 0 Å². The number of benzene rings is 1. The van der Waals surface area contributed by atoms with Crippen molar-refractivity contribution in [1.82, 2.24) is 9.88 Å². The molecule has 86 valence electrons. The van der Waals surface area contributed by atoms with Crippen LogP contribution < -0.4 is 9.75 Å². The van der Waals surface area contributed by atoms with Crippen LogP contribution in [-0.4, -0.2) is 31.7 Å². The van der Waals surface area contributed by atoms with Gasteiger partial charge >= 0.3 is 101 Å². The molecular weight excluding hydrogens is 267 g/mol. The Morgan fingerprint density at radius 3 is 2.88 bits per heavy atom. The molecule has 16 heavy (non-hydrogen) atoms. The Morgan fingerprint density at radius 1 is 1.38 bits per heavy atom. The van der Waals surface area contributed by atoms with Crippen molar-refractivity contribution in [2.45, 2.75) is 26.4 Å². The van der Waals surface area contributed by atoms with E-state index in [9.17, 15) is 4.79 Å². The number of nitrogens with zero attached hydrogens (tertiary/aromatic N) is 1. The summed E-state index contributed by atoms with van der Waals surface area (Å²) < 4.78 is 3.40. The fourth-order valence-corrected chi connectivity index (χ4v) is 3.62. The molecule has 0 bridgehead atoms. The molecular formula is C12H16N2OSe. The SMILES string of the molecule is CC(C)NCCn1c(=O)[se]c2ccccc21. The topological polar surface area (TPSA) is 34.0 Å². The standard InChI is InChI=1S/C12H16N2OSe/c1-9(2)13-7-8-14-10-5-3-4-6-11(10)16-12(14)15/h3-6,9,13H,7-8H2,1-2H3. The summed E-state index contributed by atoms with van der Waals surface area (Å²) in [5.74, 6) is 0. The van der Waals surface area contributed by atoms with Crippen LogP contribution in [0, 0.1) is 0 Å². The van der Waals surface area contributed by atoms with Crippen LogP contribution in [-0.2, 0) is 6.54 Å². The number of para-hydroxylation sites is 1. The van der Waals surface area contributed by atoms with Gasteiger partial charge in [0.15, 0.2) is 0 Å². The second-order valence-electron chi connectivity index (χ2n) is 4.10. The average molecular weight is 283 g/mol. The Bertz CT molecular complexity index is 527. The number of nitrogens with one attached hydrogen (secondary N) is 1. The van der Waals surface area contributed by atoms with Crippen molar-refractivity contribution in [1.29, 1.82) is 0 Å². The van der Waals surface area contributed by atoms with Gasteiger partial charge in [0.2, 0.25) is 0 Å². The Hall–Kier alpha value is -0.831. The van der Waals surface area contributed by atoms with E-state index in [0.717, 1.165) is 18.6 Å². The van der Waals surface area contributed by atoms with Crippen LogP contribution in [0.5, 0.6) is 0 Å². The third-order valence-electron chi connectivity index (χ3n) is 2.46. The maximum atomic E-state index is 11.8. The molecule has 1 heterocycles. The van der Waals surface area contributed by atoms with Crippen LogP contribution >= 0.6 is 0 Å². The molecule has 0 spiro atoms. The molecule has 0 radical (unpaired) electrons. The van der Waals surface area contributed by atoms with Crippen LogP contribution in [0.2, 0.25) is 0 Å². The third kappa shape index (κ3) is 2.46. The van der Waals surface area contributed by atoms with E-state index in [-0.39, 0.29) is 18.9 Å². The first-order valence-corrected chi connectivity index (χ1v) is 7.21. The van der Waals surface area contributed by atoms with Gasteiger partial charge in [0.25, 0.3) is 0 Å². The predicted octanol–water partition coefficient (Wildman–Crippen LogP) is 1.06. The van der Waals surface area contributed by atoms with Crippen molar-refractivity contribution < 1.29 is 0 Å². The van der Waals surface area contributed by atoms with E-state index in [2.05, 4.69) is 25.2 Å². The molecule has 0 atom stereocenters. The molecule has 0 aliphatic rings. The van der Waals surface area contributed by atoms with Gasteiger partial charge < -0.3 is 0 Å². The number of aromatic nitrogens is 1. The van der Waals surface area contributed by atoms with Crippen LogP contribution in [0.3, 0.4) is 0 Å². The summed E-state index contributed by atoms with van der Waals surface area (Å²) in [4.78, 5) is 11.8. The van der Waals surface area contributed by atoms with Crippen molar-refractivity contribution in [3.05, 3.63) is 33.5 Å². The molecule has 2 rings (SSSR count). The van der Waals surface area contributed by atoms with Crippen molar-refractivity contribution in [3.63, 3.8) is 0 Å². The number of hydrogen-bond donors (Lipinski definition) is 1. The number of rotatable bonds is 4. The summed E-state index contributed by atoms with van der Waals surface area (Å²) in [7, 11) is 0. The van der Waals surface area contributed by atoms with Gasteiger partial charge in [-0.15, -0.1) is 0 Å². The second-order valence-corrected chi connectivity index (χ2v) is 6.18. The van der Waals surface area contributed by atoms with E-state index in [1.165, 1.54) is 4.26 Å². The summed E-state index contributed by atoms with van der Waals surface area (Å²) in [5, 5.41) is 3.34. The van der Waals surface area contributed by atoms with E-state index in [1.807, 2.05) is 22.8 Å². The molecule has 0 saturated carbocycles. The Kier molecular flexibility index (Phi) is 3.64. The first-order chi connectivity index (χ1) is 7.68. The van der Waals surface area contributed by atoms with Crippen molar-refractivity contribution in [2.75, 3.05) is 6.54 Å². The van der Waals surface area contributed by atoms with Gasteiger partial charge in [-0.2, -0.15) is 0 Å². The molecule has 1 N–H and O–H groups in total. The number of fused-ring (bicyclic) bond motifs is 1. The molecule has 0 saturated heterocycles. The monoisotopic (exact) mass is 284 g/mol. The number of hydrogen-bond acceptors (Lipinski definition) is 2. The molecule has 4 heteroatoms. The molecule has 0 fully saturated rings. The summed E-state index contributed by atoms with van der Waals surface area (Å²) >= 11 is -0.0194. The summed E-state index contributed by atoms with van der Waals surface area (Å²) in [6, 6.07) is 8.57. The van der Waals surface area contributed by atoms with Crippen LogP contribution in [0.25, 0.3) is 9.78 Å². The third-order valence-corrected chi connectivity index (χ3v) is 4.48. The van der Waals surface area contributed by atoms with Gasteiger partial charge in [-0.3, -0.25) is 0 Å². The van der Waals surface area contributed by atoms with Gasteiger partial charge in [0.05, 0.1) is 0 Å². The van der Waals surface area contributed by atoms with Gasteiger partial charge in [-0.1, -0.05) is 0 Å². The zero-order valence-corrected chi connectivity index (χ0v) is 11.3. The molecule has 0 unspecified atom stereocenters. The molecule has 2 aromatic rings. The fourth-order valence-electron chi connectivity index (χ4n) is 1.69. The Balaban J connectivity index is 2.23. The molecule has 0 amide bonds. The maximum absolute atomic E-state index is 11.8. The molecule has 1 aromatic carbocycles. The van der Waals surface area contributed by atoms with Crippen LogP contribution in [0.15, 0.2) is 29.1 Å². The summed E-state index contributed by atoms with van der Waals surface area (Å²) in [6.07, 6.45) is 0. The minimum atomic E-state index is -0.0194. The fraction of sp³-hybridized carbons (Fsp3) is 0.417. The predicted molar refractivity (Wildman–Crippen MR) is 68.3 cm³/mol. The van der Waals surface area contributed by atoms with E-state index < -0.39 is 0 Å². The zero-order valence-electron chi connectivity index (χ0n) is 9.56. The van der Waals surface area contributed by atoms with Crippen LogP contribution in [0.1, 0.15) is 13.8 Å². The van der Waals surface area contributed by atoms with Crippen molar-refractivity contribution >= 4 is 24.3 Å². The van der Waals surface area contributed by atoms with Crippen LogP contribution in [0.4, 0.5) is 0 Å². The van der Waals surface area contributed by atoms with E-state index >= 15 is 0 Å². The molecule has 0 aliphatic heterocycles. The van der Waals surface area contributed by atoms with E-state index in [4.69, 9.17) is 0 Å². The van der Waals surface area contributed by atoms with Crippen molar-refractivity contribution in [2.24, 2.45) is 0 Å². The zero-order chi connectivity index (χ0) is 11.5. The van der Waals surface area contributed by atoms with Gasteiger partial charge in [0.1, 0.15) is 0 Å². The molecule has 0 aliphatic carbocycles. The summed E-state index contributed by atoms with van der Waals surface area (Å²) in [5.41, 5.74) is 1.11. The average Bonchev–Trinajstić information content (AvgIpc) is 2.55. The normalized spacial score (nSPS) is 11.4. The van der Waals surface area contributed by atoms with E-state index in [0.29, 0.717) is 6.04 Å². The second kappa shape index (κ2) is 5.00. The van der Waals surface area contributed by atoms with Crippen molar-refractivity contribution in [3.8, 4) is 0 Å². The Morgan fingerprint density at radius 2 is 2.12 bits per heavy atom. The summed E-state index contributed by atoms with van der Waals surface area (Å²) in [6.45, 7) is 5.86. The van der Waals surface area contributed by atoms with Gasteiger partial charge in [0, 0.05) is 0 Å². The van der Waals surface area contributed by atoms with Gasteiger partial charge in [-0.25, -0.2) is 0 Å². The quantitative estimate of drug-likeness (QED) is 0.851. The van der Waals surface area contributed by atoms with E-state index in [1.54, 1.807) is 0 Å². The first kappa shape index (κ1) is 11.6. The Labute approximate surface area is 101 Å². The first-order valence-electron chi connectivity index (χ1n) is 5.50. The molecule has 3 nitrogen and oxygen atoms in total. The molecule has 1 aromatic heterocycles.